The molecule has 3 aromatic rings. The van der Waals surface area contributed by atoms with Gasteiger partial charge in [0, 0.05) is 34.1 Å². The fourth-order valence-corrected chi connectivity index (χ4v) is 3.80. The summed E-state index contributed by atoms with van der Waals surface area (Å²) in [6.45, 7) is 3.52. The Morgan fingerprint density at radius 2 is 1.57 bits per heavy atom. The van der Waals surface area contributed by atoms with Gasteiger partial charge in [0.15, 0.2) is 5.78 Å². The lowest BCUT2D eigenvalue weighted by molar-refractivity contribution is 0.0979. The van der Waals surface area contributed by atoms with Crippen LogP contribution in [0.2, 0.25) is 0 Å². The van der Waals surface area contributed by atoms with Gasteiger partial charge < -0.3 is 10.2 Å². The molecule has 0 aliphatic carbocycles. The van der Waals surface area contributed by atoms with E-state index in [1.165, 1.54) is 6.92 Å². The summed E-state index contributed by atoms with van der Waals surface area (Å²) in [5.74, 6) is -0.459. The molecule has 0 saturated heterocycles. The minimum atomic E-state index is -0.310. The number of amides is 2. The zero-order valence-corrected chi connectivity index (χ0v) is 16.9. The van der Waals surface area contributed by atoms with Gasteiger partial charge in [-0.2, -0.15) is 0 Å². The molecule has 1 aliphatic heterocycles. The average Bonchev–Trinajstić information content (AvgIpc) is 3.09. The van der Waals surface area contributed by atoms with Crippen molar-refractivity contribution in [3.8, 4) is 0 Å². The molecule has 0 radical (unpaired) electrons. The minimum Gasteiger partial charge on any atom is -0.322 e. The lowest BCUT2D eigenvalue weighted by Crippen LogP contribution is -2.35. The predicted molar refractivity (Wildman–Crippen MR) is 117 cm³/mol. The molecular formula is C25H22N2O3. The number of fused-ring (bicyclic) bond motifs is 1. The van der Waals surface area contributed by atoms with Gasteiger partial charge in [0.2, 0.25) is 0 Å². The van der Waals surface area contributed by atoms with Crippen molar-refractivity contribution in [2.45, 2.75) is 26.3 Å². The Hall–Kier alpha value is -3.73. The topological polar surface area (TPSA) is 66.5 Å². The lowest BCUT2D eigenvalue weighted by atomic mass is 10.1. The minimum absolute atomic E-state index is 0.0307. The van der Waals surface area contributed by atoms with Crippen LogP contribution in [0.5, 0.6) is 0 Å². The number of carbonyl (C=O) groups excluding carboxylic acids is 3. The van der Waals surface area contributed by atoms with Gasteiger partial charge in [-0.25, -0.2) is 0 Å². The van der Waals surface area contributed by atoms with E-state index in [0.717, 1.165) is 17.7 Å². The summed E-state index contributed by atoms with van der Waals surface area (Å²) in [4.78, 5) is 39.1. The van der Waals surface area contributed by atoms with Crippen LogP contribution in [0.3, 0.4) is 0 Å². The van der Waals surface area contributed by atoms with Crippen LogP contribution in [0.25, 0.3) is 0 Å². The molecule has 150 valence electrons. The second kappa shape index (κ2) is 7.95. The number of anilines is 2. The first-order chi connectivity index (χ1) is 14.4. The van der Waals surface area contributed by atoms with Crippen LogP contribution in [0.15, 0.2) is 72.8 Å². The van der Waals surface area contributed by atoms with Crippen molar-refractivity contribution in [3.63, 3.8) is 0 Å². The molecule has 30 heavy (non-hydrogen) atoms. The van der Waals surface area contributed by atoms with Gasteiger partial charge in [-0.1, -0.05) is 24.3 Å². The van der Waals surface area contributed by atoms with Crippen LogP contribution >= 0.6 is 0 Å². The van der Waals surface area contributed by atoms with E-state index >= 15 is 0 Å². The molecule has 0 bridgehead atoms. The van der Waals surface area contributed by atoms with Crippen LogP contribution in [0.1, 0.15) is 50.5 Å². The van der Waals surface area contributed by atoms with Crippen molar-refractivity contribution in [1.29, 1.82) is 0 Å². The van der Waals surface area contributed by atoms with Crippen molar-refractivity contribution in [1.82, 2.24) is 0 Å². The van der Waals surface area contributed by atoms with Crippen molar-refractivity contribution in [2.24, 2.45) is 0 Å². The number of rotatable bonds is 4. The third-order valence-electron chi connectivity index (χ3n) is 5.35. The second-order valence-electron chi connectivity index (χ2n) is 7.53. The van der Waals surface area contributed by atoms with Gasteiger partial charge >= 0.3 is 0 Å². The first kappa shape index (κ1) is 19.6. The summed E-state index contributed by atoms with van der Waals surface area (Å²) in [5, 5.41) is 2.81. The van der Waals surface area contributed by atoms with Crippen molar-refractivity contribution < 1.29 is 14.4 Å². The summed E-state index contributed by atoms with van der Waals surface area (Å²) in [6, 6.07) is 21.4. The molecule has 5 heteroatoms. The number of hydrogen-bond acceptors (Lipinski definition) is 3. The van der Waals surface area contributed by atoms with Gasteiger partial charge in [-0.15, -0.1) is 0 Å². The third kappa shape index (κ3) is 3.74. The first-order valence-electron chi connectivity index (χ1n) is 9.88. The normalized spacial score (nSPS) is 14.9. The maximum Gasteiger partial charge on any atom is 0.258 e. The van der Waals surface area contributed by atoms with E-state index in [-0.39, 0.29) is 23.6 Å². The van der Waals surface area contributed by atoms with E-state index in [1.54, 1.807) is 53.4 Å². The van der Waals surface area contributed by atoms with Gasteiger partial charge in [0.25, 0.3) is 11.8 Å². The Morgan fingerprint density at radius 3 is 2.30 bits per heavy atom. The summed E-state index contributed by atoms with van der Waals surface area (Å²) in [7, 11) is 0. The number of para-hydroxylation sites is 1. The summed E-state index contributed by atoms with van der Waals surface area (Å²) < 4.78 is 0. The summed E-state index contributed by atoms with van der Waals surface area (Å²) in [5.41, 5.74) is 4.12. The molecule has 0 aromatic heterocycles. The zero-order chi connectivity index (χ0) is 21.3. The number of carbonyl (C=O) groups is 3. The van der Waals surface area contributed by atoms with Crippen LogP contribution in [0.4, 0.5) is 11.4 Å². The highest BCUT2D eigenvalue weighted by atomic mass is 16.2. The zero-order valence-electron chi connectivity index (χ0n) is 16.9. The molecule has 1 heterocycles. The molecular weight excluding hydrogens is 376 g/mol. The summed E-state index contributed by atoms with van der Waals surface area (Å²) in [6.07, 6.45) is 0.818. The monoisotopic (exact) mass is 398 g/mol. The molecule has 3 aromatic carbocycles. The number of hydrogen-bond donors (Lipinski definition) is 1. The van der Waals surface area contributed by atoms with E-state index < -0.39 is 0 Å². The summed E-state index contributed by atoms with van der Waals surface area (Å²) >= 11 is 0. The molecule has 1 atom stereocenters. The Bertz CT molecular complexity index is 1140. The number of nitrogens with zero attached hydrogens (tertiary/aromatic N) is 1. The van der Waals surface area contributed by atoms with Crippen molar-refractivity contribution in [2.75, 3.05) is 10.2 Å². The Labute approximate surface area is 175 Å². The Balaban J connectivity index is 1.54. The SMILES string of the molecule is CC(=O)c1ccc(NC(=O)c2cccc(C(=O)N3c4ccccc4CC3C)c2)cc1. The van der Waals surface area contributed by atoms with E-state index in [2.05, 4.69) is 5.32 Å². The van der Waals surface area contributed by atoms with Crippen LogP contribution in [-0.2, 0) is 6.42 Å². The number of nitrogens with one attached hydrogen (secondary N) is 1. The van der Waals surface area contributed by atoms with E-state index in [0.29, 0.717) is 22.4 Å². The highest BCUT2D eigenvalue weighted by Crippen LogP contribution is 2.33. The Kier molecular flexibility index (Phi) is 5.19. The molecule has 1 aliphatic rings. The maximum atomic E-state index is 13.2. The predicted octanol–water partition coefficient (Wildman–Crippen LogP) is 4.73. The molecule has 5 nitrogen and oxygen atoms in total. The standard InChI is InChI=1S/C25H22N2O3/c1-16-14-19-6-3-4-9-23(19)27(16)25(30)21-8-5-7-20(15-21)24(29)26-22-12-10-18(11-13-22)17(2)28/h3-13,15-16H,14H2,1-2H3,(H,26,29). The van der Waals surface area contributed by atoms with Gasteiger partial charge in [-0.3, -0.25) is 14.4 Å². The first-order valence-corrected chi connectivity index (χ1v) is 9.88. The molecule has 4 rings (SSSR count). The number of benzene rings is 3. The molecule has 2 amide bonds. The van der Waals surface area contributed by atoms with Crippen molar-refractivity contribution in [3.05, 3.63) is 95.1 Å². The van der Waals surface area contributed by atoms with E-state index in [9.17, 15) is 14.4 Å². The Morgan fingerprint density at radius 1 is 0.867 bits per heavy atom. The van der Waals surface area contributed by atoms with E-state index in [4.69, 9.17) is 0 Å². The second-order valence-corrected chi connectivity index (χ2v) is 7.53. The van der Waals surface area contributed by atoms with Gasteiger partial charge in [-0.05, 0) is 74.4 Å². The molecule has 0 fully saturated rings. The fraction of sp³-hybridized carbons (Fsp3) is 0.160. The highest BCUT2D eigenvalue weighted by Gasteiger charge is 2.31. The van der Waals surface area contributed by atoms with Gasteiger partial charge in [0.05, 0.1) is 0 Å². The maximum absolute atomic E-state index is 13.2. The number of ketones is 1. The van der Waals surface area contributed by atoms with Gasteiger partial charge in [0.1, 0.15) is 0 Å². The molecule has 1 N–H and O–H groups in total. The van der Waals surface area contributed by atoms with Crippen LogP contribution in [0, 0.1) is 0 Å². The quantitative estimate of drug-likeness (QED) is 0.646. The highest BCUT2D eigenvalue weighted by molar-refractivity contribution is 6.10. The van der Waals surface area contributed by atoms with Crippen molar-refractivity contribution >= 4 is 29.0 Å². The lowest BCUT2D eigenvalue weighted by Gasteiger charge is -2.23. The smallest absolute Gasteiger partial charge is 0.258 e. The average molecular weight is 398 g/mol. The van der Waals surface area contributed by atoms with Crippen LogP contribution in [-0.4, -0.2) is 23.6 Å². The molecule has 0 saturated carbocycles. The number of Topliss-reactive ketones (excluding diaryl/α,β-unsaturated/α-hetero) is 1. The molecule has 1 unspecified atom stereocenters. The fourth-order valence-electron chi connectivity index (χ4n) is 3.80. The van der Waals surface area contributed by atoms with Crippen LogP contribution < -0.4 is 10.2 Å². The third-order valence-corrected chi connectivity index (χ3v) is 5.35. The largest absolute Gasteiger partial charge is 0.322 e. The van der Waals surface area contributed by atoms with E-state index in [1.807, 2.05) is 31.2 Å². The molecule has 0 spiro atoms.